The van der Waals surface area contributed by atoms with Gasteiger partial charge in [-0.15, -0.1) is 11.8 Å². The van der Waals surface area contributed by atoms with Crippen molar-refractivity contribution in [2.75, 3.05) is 23.7 Å². The molecular weight excluding hydrogens is 797 g/mol. The maximum Gasteiger partial charge on any atom is 0.303 e. The van der Waals surface area contributed by atoms with Gasteiger partial charge in [0, 0.05) is 64.8 Å². The Morgan fingerprint density at radius 3 is 2.16 bits per heavy atom. The van der Waals surface area contributed by atoms with Gasteiger partial charge in [-0.3, -0.25) is 4.79 Å². The Hall–Kier alpha value is -4.88. The van der Waals surface area contributed by atoms with Crippen molar-refractivity contribution in [3.05, 3.63) is 130 Å². The lowest BCUT2D eigenvalue weighted by atomic mass is 9.78. The van der Waals surface area contributed by atoms with Crippen LogP contribution in [0, 0.1) is 0 Å². The van der Waals surface area contributed by atoms with Gasteiger partial charge in [0.15, 0.2) is 5.71 Å². The third kappa shape index (κ3) is 10.2. The first-order valence-corrected chi connectivity index (χ1v) is 24.8. The lowest BCUT2D eigenvalue weighted by Gasteiger charge is -2.28. The summed E-state index contributed by atoms with van der Waals surface area (Å²) < 4.78 is 2.51. The van der Waals surface area contributed by atoms with Crippen LogP contribution in [0.2, 0.25) is 0 Å². The quantitative estimate of drug-likeness (QED) is 0.0663. The molecule has 1 N–H and O–H groups in total. The topological polar surface area (TPSA) is 83.7 Å². The van der Waals surface area contributed by atoms with E-state index in [-0.39, 0.29) is 23.7 Å². The number of anilines is 1. The number of carbonyl (C=O) groups excluding carboxylic acids is 1. The third-order valence-electron chi connectivity index (χ3n) is 13.6. The average Bonchev–Trinajstić information content (AvgIpc) is 3.62. The van der Waals surface area contributed by atoms with Gasteiger partial charge in [0.2, 0.25) is 5.69 Å². The molecular formula is C56H68N2O4S. The van der Waals surface area contributed by atoms with Crippen molar-refractivity contribution in [1.29, 1.82) is 0 Å². The van der Waals surface area contributed by atoms with Crippen LogP contribution in [0.3, 0.4) is 0 Å². The number of thioether (sulfide) groups is 1. The molecule has 0 spiro atoms. The standard InChI is InChI=1S/C56H68N2O4S/c1-6-7-8-19-39-63-54-42(31-35-48-55(2,3)52-44-25-15-13-21-40(44)29-33-46(52)57(48)37-17-9-11-27-50(59)60)23-20-24-43(54)32-36-49-56(4,5)53-45-26-16-14-22-41(45)30-34-47(53)58(49)38-18-10-12-28-51(61)62/h13-16,21-22,25-26,29-36H,6-12,17-20,23-24,27-28,37-39H2,1-5H3,(H-,59,60,61,62). The van der Waals surface area contributed by atoms with Crippen LogP contribution in [0.4, 0.5) is 11.4 Å². The minimum Gasteiger partial charge on any atom is -0.550 e. The number of unbranched alkanes of at least 4 members (excludes halogenated alkanes) is 7. The van der Waals surface area contributed by atoms with Crippen LogP contribution in [0.15, 0.2) is 119 Å². The number of carboxylic acids is 2. The molecule has 2 heterocycles. The van der Waals surface area contributed by atoms with Crippen LogP contribution in [-0.4, -0.2) is 46.2 Å². The summed E-state index contributed by atoms with van der Waals surface area (Å²) >= 11 is 2.05. The zero-order valence-electron chi connectivity index (χ0n) is 38.4. The van der Waals surface area contributed by atoms with Crippen LogP contribution >= 0.6 is 11.8 Å². The van der Waals surface area contributed by atoms with E-state index in [1.807, 2.05) is 11.8 Å². The molecule has 1 aliphatic carbocycles. The van der Waals surface area contributed by atoms with Gasteiger partial charge in [-0.25, -0.2) is 0 Å². The fourth-order valence-corrected chi connectivity index (χ4v) is 11.7. The van der Waals surface area contributed by atoms with Crippen LogP contribution in [-0.2, 0) is 20.4 Å². The van der Waals surface area contributed by atoms with Crippen LogP contribution in [0.5, 0.6) is 0 Å². The van der Waals surface area contributed by atoms with Gasteiger partial charge >= 0.3 is 5.97 Å². The number of carbonyl (C=O) groups is 2. The van der Waals surface area contributed by atoms with E-state index in [9.17, 15) is 19.8 Å². The summed E-state index contributed by atoms with van der Waals surface area (Å²) in [4.78, 5) is 26.4. The van der Waals surface area contributed by atoms with Crippen molar-refractivity contribution < 1.29 is 24.4 Å². The second-order valence-electron chi connectivity index (χ2n) is 18.9. The maximum absolute atomic E-state index is 11.3. The van der Waals surface area contributed by atoms with Gasteiger partial charge in [0.1, 0.15) is 6.54 Å². The van der Waals surface area contributed by atoms with Crippen LogP contribution in [0.25, 0.3) is 21.5 Å². The third-order valence-corrected chi connectivity index (χ3v) is 15.0. The lowest BCUT2D eigenvalue weighted by Crippen LogP contribution is -2.28. The van der Waals surface area contributed by atoms with Crippen molar-refractivity contribution in [1.82, 2.24) is 0 Å². The SMILES string of the molecule is CCCCCCSC1=C(C=CC2=[N+](CCCCCC(=O)[O-])c3ccc4ccccc4c3C2(C)C)CCCC1=CC=C1N(CCCCCC(=O)O)c2ccc3ccccc3c2C1(C)C. The maximum atomic E-state index is 11.3. The highest BCUT2D eigenvalue weighted by atomic mass is 32.2. The molecule has 63 heavy (non-hydrogen) atoms. The van der Waals surface area contributed by atoms with Crippen molar-refractivity contribution >= 4 is 62.3 Å². The number of hydrogen-bond acceptors (Lipinski definition) is 5. The van der Waals surface area contributed by atoms with Gasteiger partial charge in [0.25, 0.3) is 0 Å². The summed E-state index contributed by atoms with van der Waals surface area (Å²) in [5.74, 6) is -0.592. The Morgan fingerprint density at radius 2 is 1.43 bits per heavy atom. The predicted molar refractivity (Wildman–Crippen MR) is 263 cm³/mol. The Labute approximate surface area is 380 Å². The number of benzene rings is 4. The van der Waals surface area contributed by atoms with E-state index in [0.717, 1.165) is 63.8 Å². The monoisotopic (exact) mass is 864 g/mol. The Balaban J connectivity index is 1.27. The fraction of sp³-hybridized carbons (Fsp3) is 0.446. The van der Waals surface area contributed by atoms with Gasteiger partial charge < -0.3 is 19.9 Å². The zero-order valence-corrected chi connectivity index (χ0v) is 39.3. The highest BCUT2D eigenvalue weighted by Gasteiger charge is 2.45. The van der Waals surface area contributed by atoms with Gasteiger partial charge in [-0.1, -0.05) is 113 Å². The number of fused-ring (bicyclic) bond motifs is 6. The van der Waals surface area contributed by atoms with E-state index in [2.05, 4.69) is 141 Å². The molecule has 0 fully saturated rings. The number of rotatable bonds is 21. The molecule has 0 saturated carbocycles. The number of allylic oxidation sites excluding steroid dienone is 7. The van der Waals surface area contributed by atoms with Gasteiger partial charge in [-0.2, -0.15) is 4.58 Å². The fourth-order valence-electron chi connectivity index (χ4n) is 10.5. The molecule has 4 aromatic rings. The Bertz CT molecular complexity index is 2480. The first-order chi connectivity index (χ1) is 30.4. The summed E-state index contributed by atoms with van der Waals surface area (Å²) in [6.07, 6.45) is 23.1. The molecule has 7 rings (SSSR count). The molecule has 3 aliphatic rings. The summed E-state index contributed by atoms with van der Waals surface area (Å²) in [7, 11) is 0. The van der Waals surface area contributed by atoms with E-state index in [1.165, 1.54) is 97.2 Å². The van der Waals surface area contributed by atoms with E-state index >= 15 is 0 Å². The predicted octanol–water partition coefficient (Wildman–Crippen LogP) is 13.2. The smallest absolute Gasteiger partial charge is 0.303 e. The van der Waals surface area contributed by atoms with Crippen molar-refractivity contribution in [2.45, 2.75) is 142 Å². The van der Waals surface area contributed by atoms with E-state index < -0.39 is 11.9 Å². The summed E-state index contributed by atoms with van der Waals surface area (Å²) in [6, 6.07) is 26.6. The summed E-state index contributed by atoms with van der Waals surface area (Å²) in [5, 5.41) is 25.6. The lowest BCUT2D eigenvalue weighted by molar-refractivity contribution is -0.438. The highest BCUT2D eigenvalue weighted by molar-refractivity contribution is 8.03. The first kappa shape index (κ1) is 46.1. The number of nitrogens with zero attached hydrogens (tertiary/aromatic N) is 2. The Morgan fingerprint density at radius 1 is 0.746 bits per heavy atom. The molecule has 0 unspecified atom stereocenters. The molecule has 0 atom stereocenters. The number of carboxylic acid groups (broad SMARTS) is 2. The van der Waals surface area contributed by atoms with E-state index in [1.54, 1.807) is 0 Å². The van der Waals surface area contributed by atoms with E-state index in [0.29, 0.717) is 12.8 Å². The number of aliphatic carboxylic acids is 2. The molecule has 0 amide bonds. The average molecular weight is 865 g/mol. The van der Waals surface area contributed by atoms with Crippen LogP contribution in [0.1, 0.15) is 142 Å². The second kappa shape index (κ2) is 20.7. The Kier molecular flexibility index (Phi) is 15.2. The molecule has 0 bridgehead atoms. The zero-order chi connectivity index (χ0) is 44.6. The molecule has 332 valence electrons. The van der Waals surface area contributed by atoms with Gasteiger partial charge in [-0.05, 0) is 134 Å². The second-order valence-corrected chi connectivity index (χ2v) is 20.0. The first-order valence-electron chi connectivity index (χ1n) is 23.8. The molecule has 0 radical (unpaired) electrons. The molecule has 4 aromatic carbocycles. The van der Waals surface area contributed by atoms with Crippen LogP contribution < -0.4 is 10.0 Å². The minimum absolute atomic E-state index is 0.108. The summed E-state index contributed by atoms with van der Waals surface area (Å²) in [5.41, 5.74) is 10.2. The minimum atomic E-state index is -0.971. The highest BCUT2D eigenvalue weighted by Crippen LogP contribution is 2.51. The normalized spacial score (nSPS) is 18.1. The molecule has 0 saturated heterocycles. The molecule has 2 aliphatic heterocycles. The van der Waals surface area contributed by atoms with E-state index in [4.69, 9.17) is 0 Å². The number of hydrogen-bond donors (Lipinski definition) is 1. The summed E-state index contributed by atoms with van der Waals surface area (Å²) in [6.45, 7) is 13.4. The van der Waals surface area contributed by atoms with Crippen molar-refractivity contribution in [2.24, 2.45) is 0 Å². The molecule has 0 aromatic heterocycles. The van der Waals surface area contributed by atoms with Crippen molar-refractivity contribution in [3.8, 4) is 0 Å². The van der Waals surface area contributed by atoms with Gasteiger partial charge in [0.05, 0.1) is 5.41 Å². The molecule has 7 heteroatoms. The molecule has 6 nitrogen and oxygen atoms in total. The largest absolute Gasteiger partial charge is 0.550 e. The van der Waals surface area contributed by atoms with Crippen molar-refractivity contribution in [3.63, 3.8) is 0 Å².